The Labute approximate surface area is 141 Å². The van der Waals surface area contributed by atoms with Crippen LogP contribution in [0.25, 0.3) is 5.69 Å². The number of para-hydroxylation sites is 1. The highest BCUT2D eigenvalue weighted by Gasteiger charge is 2.12. The van der Waals surface area contributed by atoms with Crippen LogP contribution in [0.3, 0.4) is 0 Å². The van der Waals surface area contributed by atoms with Crippen molar-refractivity contribution < 1.29 is 4.79 Å². The summed E-state index contributed by atoms with van der Waals surface area (Å²) in [4.78, 5) is 12.2. The molecule has 0 saturated carbocycles. The highest BCUT2D eigenvalue weighted by molar-refractivity contribution is 5.91. The molecule has 0 aliphatic rings. The van der Waals surface area contributed by atoms with E-state index in [1.807, 2.05) is 60.3 Å². The van der Waals surface area contributed by atoms with E-state index < -0.39 is 0 Å². The molecule has 0 radical (unpaired) electrons. The van der Waals surface area contributed by atoms with Crippen LogP contribution in [0.5, 0.6) is 0 Å². The molecule has 3 rings (SSSR count). The van der Waals surface area contributed by atoms with Gasteiger partial charge in [-0.15, -0.1) is 0 Å². The Morgan fingerprint density at radius 2 is 1.92 bits per heavy atom. The van der Waals surface area contributed by atoms with Crippen LogP contribution < -0.4 is 5.32 Å². The number of aryl methyl sites for hydroxylation is 1. The van der Waals surface area contributed by atoms with Gasteiger partial charge in [0.05, 0.1) is 17.8 Å². The van der Waals surface area contributed by atoms with Gasteiger partial charge in [0.1, 0.15) is 0 Å². The molecule has 0 fully saturated rings. The summed E-state index contributed by atoms with van der Waals surface area (Å²) in [6.07, 6.45) is 2.07. The minimum atomic E-state index is -0.123. The second kappa shape index (κ2) is 6.70. The van der Waals surface area contributed by atoms with Crippen molar-refractivity contribution in [1.82, 2.24) is 19.6 Å². The maximum absolute atomic E-state index is 12.2. The Morgan fingerprint density at radius 1 is 1.17 bits per heavy atom. The zero-order valence-electron chi connectivity index (χ0n) is 14.1. The Hall–Kier alpha value is -2.89. The third-order valence-corrected chi connectivity index (χ3v) is 3.69. The second-order valence-corrected chi connectivity index (χ2v) is 6.02. The van der Waals surface area contributed by atoms with E-state index in [1.165, 1.54) is 0 Å². The molecule has 0 spiro atoms. The van der Waals surface area contributed by atoms with Crippen LogP contribution in [0.15, 0.2) is 48.7 Å². The predicted molar refractivity (Wildman–Crippen MR) is 93.2 cm³/mol. The zero-order valence-corrected chi connectivity index (χ0v) is 14.1. The molecule has 0 bridgehead atoms. The number of anilines is 1. The summed E-state index contributed by atoms with van der Waals surface area (Å²) in [7, 11) is 0. The van der Waals surface area contributed by atoms with Gasteiger partial charge in [0.2, 0.25) is 5.91 Å². The van der Waals surface area contributed by atoms with Gasteiger partial charge in [-0.1, -0.05) is 18.2 Å². The first-order chi connectivity index (χ1) is 11.5. The van der Waals surface area contributed by atoms with Crippen molar-refractivity contribution in [2.24, 2.45) is 0 Å². The highest BCUT2D eigenvalue weighted by Crippen LogP contribution is 2.14. The lowest BCUT2D eigenvalue weighted by Crippen LogP contribution is -2.16. The van der Waals surface area contributed by atoms with Crippen LogP contribution in [0.1, 0.15) is 31.3 Å². The number of hydrogen-bond donors (Lipinski definition) is 1. The molecule has 1 amide bonds. The number of hydrogen-bond acceptors (Lipinski definition) is 3. The van der Waals surface area contributed by atoms with Gasteiger partial charge in [-0.3, -0.25) is 9.48 Å². The second-order valence-electron chi connectivity index (χ2n) is 6.02. The summed E-state index contributed by atoms with van der Waals surface area (Å²) >= 11 is 0. The van der Waals surface area contributed by atoms with Gasteiger partial charge < -0.3 is 5.32 Å². The highest BCUT2D eigenvalue weighted by atomic mass is 16.1. The lowest BCUT2D eigenvalue weighted by Gasteiger charge is -2.07. The topological polar surface area (TPSA) is 64.7 Å². The van der Waals surface area contributed by atoms with Crippen LogP contribution in [0.4, 0.5) is 5.82 Å². The largest absolute Gasteiger partial charge is 0.309 e. The van der Waals surface area contributed by atoms with Crippen molar-refractivity contribution >= 4 is 11.7 Å². The standard InChI is InChI=1S/C18H21N5O/c1-13(2)23-14(3)11-17(21-23)19-18(24)12-15-9-10-22(20-15)16-7-5-4-6-8-16/h4-11,13H,12H2,1-3H3,(H,19,21,24). The molecule has 2 aromatic heterocycles. The molecule has 0 atom stereocenters. The maximum Gasteiger partial charge on any atom is 0.231 e. The molecule has 0 unspecified atom stereocenters. The molecule has 1 N–H and O–H groups in total. The number of carbonyl (C=O) groups excluding carboxylic acids is 1. The molecule has 1 aromatic carbocycles. The first-order valence-electron chi connectivity index (χ1n) is 7.99. The Balaban J connectivity index is 1.65. The average molecular weight is 323 g/mol. The number of rotatable bonds is 5. The number of amides is 1. The van der Waals surface area contributed by atoms with E-state index in [4.69, 9.17) is 0 Å². The molecule has 0 aliphatic heterocycles. The summed E-state index contributed by atoms with van der Waals surface area (Å²) in [6, 6.07) is 13.8. The molecule has 0 aliphatic carbocycles. The van der Waals surface area contributed by atoms with Gasteiger partial charge in [0.25, 0.3) is 0 Å². The maximum atomic E-state index is 12.2. The zero-order chi connectivity index (χ0) is 17.1. The number of carbonyl (C=O) groups is 1. The van der Waals surface area contributed by atoms with Crippen molar-refractivity contribution in [3.63, 3.8) is 0 Å². The number of aromatic nitrogens is 4. The fraction of sp³-hybridized carbons (Fsp3) is 0.278. The fourth-order valence-electron chi connectivity index (χ4n) is 2.60. The molecule has 24 heavy (non-hydrogen) atoms. The minimum Gasteiger partial charge on any atom is -0.309 e. The first kappa shape index (κ1) is 16.0. The molecule has 0 saturated heterocycles. The quantitative estimate of drug-likeness (QED) is 0.784. The lowest BCUT2D eigenvalue weighted by atomic mass is 10.3. The van der Waals surface area contributed by atoms with E-state index >= 15 is 0 Å². The summed E-state index contributed by atoms with van der Waals surface area (Å²) in [5, 5.41) is 11.7. The molecule has 6 heteroatoms. The van der Waals surface area contributed by atoms with Gasteiger partial charge in [0, 0.05) is 24.0 Å². The molecular weight excluding hydrogens is 302 g/mol. The molecule has 3 aromatic rings. The van der Waals surface area contributed by atoms with Crippen molar-refractivity contribution in [3.05, 3.63) is 60.0 Å². The van der Waals surface area contributed by atoms with E-state index in [0.717, 1.165) is 17.1 Å². The van der Waals surface area contributed by atoms with E-state index in [0.29, 0.717) is 5.82 Å². The van der Waals surface area contributed by atoms with Crippen LogP contribution >= 0.6 is 0 Å². The van der Waals surface area contributed by atoms with Gasteiger partial charge in [-0.05, 0) is 39.0 Å². The van der Waals surface area contributed by atoms with Crippen LogP contribution in [-0.4, -0.2) is 25.5 Å². The molecule has 124 valence electrons. The van der Waals surface area contributed by atoms with E-state index in [-0.39, 0.29) is 18.4 Å². The van der Waals surface area contributed by atoms with Crippen molar-refractivity contribution in [2.75, 3.05) is 5.32 Å². The van der Waals surface area contributed by atoms with E-state index in [2.05, 4.69) is 29.4 Å². The SMILES string of the molecule is Cc1cc(NC(=O)Cc2ccn(-c3ccccc3)n2)nn1C(C)C. The smallest absolute Gasteiger partial charge is 0.231 e. The van der Waals surface area contributed by atoms with Gasteiger partial charge in [-0.25, -0.2) is 4.68 Å². The molecule has 2 heterocycles. The summed E-state index contributed by atoms with van der Waals surface area (Å²) in [5.41, 5.74) is 2.71. The Morgan fingerprint density at radius 3 is 2.58 bits per heavy atom. The van der Waals surface area contributed by atoms with Crippen LogP contribution in [-0.2, 0) is 11.2 Å². The summed E-state index contributed by atoms with van der Waals surface area (Å²) < 4.78 is 3.65. The first-order valence-corrected chi connectivity index (χ1v) is 7.99. The number of benzene rings is 1. The van der Waals surface area contributed by atoms with Crippen LogP contribution in [0, 0.1) is 6.92 Å². The summed E-state index contributed by atoms with van der Waals surface area (Å²) in [5.74, 6) is 0.454. The molecule has 6 nitrogen and oxygen atoms in total. The number of nitrogens with one attached hydrogen (secondary N) is 1. The van der Waals surface area contributed by atoms with Gasteiger partial charge in [-0.2, -0.15) is 10.2 Å². The van der Waals surface area contributed by atoms with Crippen molar-refractivity contribution in [2.45, 2.75) is 33.2 Å². The Bertz CT molecular complexity index is 832. The fourth-order valence-corrected chi connectivity index (χ4v) is 2.60. The van der Waals surface area contributed by atoms with E-state index in [9.17, 15) is 4.79 Å². The third-order valence-electron chi connectivity index (χ3n) is 3.69. The van der Waals surface area contributed by atoms with Gasteiger partial charge in [0.15, 0.2) is 5.82 Å². The Kier molecular flexibility index (Phi) is 4.46. The van der Waals surface area contributed by atoms with E-state index in [1.54, 1.807) is 4.68 Å². The monoisotopic (exact) mass is 323 g/mol. The lowest BCUT2D eigenvalue weighted by molar-refractivity contribution is -0.115. The van der Waals surface area contributed by atoms with Gasteiger partial charge >= 0.3 is 0 Å². The molecular formula is C18H21N5O. The third kappa shape index (κ3) is 3.53. The number of nitrogens with zero attached hydrogens (tertiary/aromatic N) is 4. The van der Waals surface area contributed by atoms with Crippen LogP contribution in [0.2, 0.25) is 0 Å². The normalized spacial score (nSPS) is 11.0. The minimum absolute atomic E-state index is 0.123. The van der Waals surface area contributed by atoms with Crippen molar-refractivity contribution in [1.29, 1.82) is 0 Å². The van der Waals surface area contributed by atoms with Crippen molar-refractivity contribution in [3.8, 4) is 5.69 Å². The summed E-state index contributed by atoms with van der Waals surface area (Å²) in [6.45, 7) is 6.09. The average Bonchev–Trinajstić information content (AvgIpc) is 3.15. The predicted octanol–water partition coefficient (Wildman–Crippen LogP) is 3.14.